The average Bonchev–Trinajstić information content (AvgIpc) is 2.66. The second-order valence-electron chi connectivity index (χ2n) is 6.01. The SMILES string of the molecule is O=C(NCCCOCCc1ccccc1)NCc1cccc(C(F)(F)F)c1. The predicted molar refractivity (Wildman–Crippen MR) is 97.3 cm³/mol. The summed E-state index contributed by atoms with van der Waals surface area (Å²) in [4.78, 5) is 11.7. The molecule has 0 fully saturated rings. The van der Waals surface area contributed by atoms with Crippen molar-refractivity contribution in [1.82, 2.24) is 10.6 Å². The summed E-state index contributed by atoms with van der Waals surface area (Å²) in [5.74, 6) is 0. The number of urea groups is 1. The summed E-state index contributed by atoms with van der Waals surface area (Å²) < 4.78 is 43.5. The van der Waals surface area contributed by atoms with E-state index in [1.54, 1.807) is 0 Å². The molecule has 0 heterocycles. The van der Waals surface area contributed by atoms with E-state index in [9.17, 15) is 18.0 Å². The van der Waals surface area contributed by atoms with Gasteiger partial charge in [0.05, 0.1) is 12.2 Å². The van der Waals surface area contributed by atoms with Gasteiger partial charge in [0.1, 0.15) is 0 Å². The Hall–Kier alpha value is -2.54. The van der Waals surface area contributed by atoms with Crippen LogP contribution in [0.15, 0.2) is 54.6 Å². The molecule has 2 aromatic carbocycles. The van der Waals surface area contributed by atoms with Gasteiger partial charge in [-0.1, -0.05) is 42.5 Å². The highest BCUT2D eigenvalue weighted by Gasteiger charge is 2.30. The number of halogens is 3. The third-order valence-electron chi connectivity index (χ3n) is 3.84. The van der Waals surface area contributed by atoms with E-state index in [1.807, 2.05) is 30.3 Å². The van der Waals surface area contributed by atoms with E-state index in [2.05, 4.69) is 10.6 Å². The quantitative estimate of drug-likeness (QED) is 0.642. The van der Waals surface area contributed by atoms with E-state index in [1.165, 1.54) is 17.7 Å². The van der Waals surface area contributed by atoms with E-state index in [-0.39, 0.29) is 6.54 Å². The lowest BCUT2D eigenvalue weighted by Gasteiger charge is -2.10. The van der Waals surface area contributed by atoms with Gasteiger partial charge < -0.3 is 15.4 Å². The number of hydrogen-bond donors (Lipinski definition) is 2. The van der Waals surface area contributed by atoms with E-state index in [4.69, 9.17) is 4.74 Å². The van der Waals surface area contributed by atoms with E-state index < -0.39 is 17.8 Å². The highest BCUT2D eigenvalue weighted by Crippen LogP contribution is 2.29. The van der Waals surface area contributed by atoms with Gasteiger partial charge in [0.2, 0.25) is 0 Å². The van der Waals surface area contributed by atoms with Crippen molar-refractivity contribution >= 4 is 6.03 Å². The van der Waals surface area contributed by atoms with Crippen molar-refractivity contribution in [2.24, 2.45) is 0 Å². The topological polar surface area (TPSA) is 50.4 Å². The lowest BCUT2D eigenvalue weighted by molar-refractivity contribution is -0.137. The van der Waals surface area contributed by atoms with E-state index >= 15 is 0 Å². The minimum atomic E-state index is -4.39. The van der Waals surface area contributed by atoms with Crippen molar-refractivity contribution in [3.05, 3.63) is 71.3 Å². The molecule has 0 radical (unpaired) electrons. The molecule has 27 heavy (non-hydrogen) atoms. The smallest absolute Gasteiger partial charge is 0.381 e. The molecule has 0 atom stereocenters. The van der Waals surface area contributed by atoms with Crippen LogP contribution < -0.4 is 10.6 Å². The molecule has 0 aliphatic rings. The zero-order chi connectivity index (χ0) is 19.5. The largest absolute Gasteiger partial charge is 0.416 e. The molecule has 0 bridgehead atoms. The van der Waals surface area contributed by atoms with Gasteiger partial charge in [-0.25, -0.2) is 4.79 Å². The van der Waals surface area contributed by atoms with Gasteiger partial charge >= 0.3 is 12.2 Å². The molecule has 0 saturated heterocycles. The van der Waals surface area contributed by atoms with Crippen molar-refractivity contribution in [3.8, 4) is 0 Å². The maximum Gasteiger partial charge on any atom is 0.416 e. The van der Waals surface area contributed by atoms with Crippen LogP contribution in [0.5, 0.6) is 0 Å². The molecule has 0 aromatic heterocycles. The minimum absolute atomic E-state index is 0.0311. The fourth-order valence-corrected chi connectivity index (χ4v) is 2.42. The Labute approximate surface area is 156 Å². The second kappa shape index (κ2) is 10.6. The zero-order valence-corrected chi connectivity index (χ0v) is 14.9. The first-order valence-corrected chi connectivity index (χ1v) is 8.74. The molecule has 2 N–H and O–H groups in total. The van der Waals surface area contributed by atoms with Gasteiger partial charge in [0, 0.05) is 19.7 Å². The van der Waals surface area contributed by atoms with Crippen LogP contribution in [0.3, 0.4) is 0 Å². The van der Waals surface area contributed by atoms with Gasteiger partial charge in [-0.2, -0.15) is 13.2 Å². The maximum absolute atomic E-state index is 12.6. The number of carbonyl (C=O) groups is 1. The summed E-state index contributed by atoms with van der Waals surface area (Å²) in [5, 5.41) is 5.20. The number of benzene rings is 2. The Morgan fingerprint density at radius 1 is 0.926 bits per heavy atom. The minimum Gasteiger partial charge on any atom is -0.381 e. The molecule has 0 unspecified atom stereocenters. The summed E-state index contributed by atoms with van der Waals surface area (Å²) in [5.41, 5.74) is 0.878. The number of alkyl halides is 3. The molecular formula is C20H23F3N2O2. The molecule has 0 spiro atoms. The number of nitrogens with one attached hydrogen (secondary N) is 2. The van der Waals surface area contributed by atoms with Gasteiger partial charge in [0.25, 0.3) is 0 Å². The molecule has 0 aliphatic heterocycles. The van der Waals surface area contributed by atoms with Crippen molar-refractivity contribution in [2.75, 3.05) is 19.8 Å². The van der Waals surface area contributed by atoms with Crippen LogP contribution in [0.2, 0.25) is 0 Å². The third kappa shape index (κ3) is 8.13. The first-order valence-electron chi connectivity index (χ1n) is 8.74. The number of ether oxygens (including phenoxy) is 1. The highest BCUT2D eigenvalue weighted by atomic mass is 19.4. The van der Waals surface area contributed by atoms with Crippen molar-refractivity contribution < 1.29 is 22.7 Å². The van der Waals surface area contributed by atoms with Crippen molar-refractivity contribution in [2.45, 2.75) is 25.6 Å². The molecule has 0 aliphatic carbocycles. The first-order chi connectivity index (χ1) is 12.9. The van der Waals surface area contributed by atoms with Crippen LogP contribution >= 0.6 is 0 Å². The summed E-state index contributed by atoms with van der Waals surface area (Å²) >= 11 is 0. The Morgan fingerprint density at radius 3 is 2.41 bits per heavy atom. The van der Waals surface area contributed by atoms with Crippen LogP contribution in [0.25, 0.3) is 0 Å². The van der Waals surface area contributed by atoms with Gasteiger partial charge in [0.15, 0.2) is 0 Å². The number of carbonyl (C=O) groups excluding carboxylic acids is 1. The standard InChI is InChI=1S/C20H23F3N2O2/c21-20(22,23)18-9-4-8-17(14-18)15-25-19(26)24-11-5-12-27-13-10-16-6-2-1-3-7-16/h1-4,6-9,14H,5,10-13,15H2,(H2,24,25,26). The molecule has 2 amide bonds. The fraction of sp³-hybridized carbons (Fsp3) is 0.350. The predicted octanol–water partition coefficient (Wildman–Crippen LogP) is 4.15. The average molecular weight is 380 g/mol. The maximum atomic E-state index is 12.6. The Bertz CT molecular complexity index is 706. The van der Waals surface area contributed by atoms with Crippen molar-refractivity contribution in [1.29, 1.82) is 0 Å². The molecule has 2 rings (SSSR count). The first kappa shape index (κ1) is 20.8. The molecular weight excluding hydrogens is 357 g/mol. The highest BCUT2D eigenvalue weighted by molar-refractivity contribution is 5.73. The van der Waals surface area contributed by atoms with Crippen LogP contribution in [-0.4, -0.2) is 25.8 Å². The fourth-order valence-electron chi connectivity index (χ4n) is 2.42. The number of hydrogen-bond acceptors (Lipinski definition) is 2. The Balaban J connectivity index is 1.55. The normalized spacial score (nSPS) is 11.2. The summed E-state index contributed by atoms with van der Waals surface area (Å²) in [6.07, 6.45) is -2.89. The molecule has 2 aromatic rings. The Morgan fingerprint density at radius 2 is 1.67 bits per heavy atom. The lowest BCUT2D eigenvalue weighted by atomic mass is 10.1. The van der Waals surface area contributed by atoms with Gasteiger partial charge in [-0.3, -0.25) is 0 Å². The molecule has 0 saturated carbocycles. The zero-order valence-electron chi connectivity index (χ0n) is 14.9. The van der Waals surface area contributed by atoms with Gasteiger partial charge in [-0.05, 0) is 36.1 Å². The van der Waals surface area contributed by atoms with Crippen LogP contribution in [0, 0.1) is 0 Å². The molecule has 4 nitrogen and oxygen atoms in total. The van der Waals surface area contributed by atoms with Crippen LogP contribution in [0.1, 0.15) is 23.1 Å². The van der Waals surface area contributed by atoms with Gasteiger partial charge in [-0.15, -0.1) is 0 Å². The summed E-state index contributed by atoms with van der Waals surface area (Å²) in [6, 6.07) is 14.5. The second-order valence-corrected chi connectivity index (χ2v) is 6.01. The molecule has 7 heteroatoms. The van der Waals surface area contributed by atoms with Crippen molar-refractivity contribution in [3.63, 3.8) is 0 Å². The van der Waals surface area contributed by atoms with Crippen LogP contribution in [-0.2, 0) is 23.9 Å². The third-order valence-corrected chi connectivity index (χ3v) is 3.84. The number of rotatable bonds is 9. The van der Waals surface area contributed by atoms with E-state index in [0.717, 1.165) is 18.6 Å². The summed E-state index contributed by atoms with van der Waals surface area (Å²) in [6.45, 7) is 1.61. The van der Waals surface area contributed by atoms with E-state index in [0.29, 0.717) is 31.7 Å². The molecule has 146 valence electrons. The summed E-state index contributed by atoms with van der Waals surface area (Å²) in [7, 11) is 0. The monoisotopic (exact) mass is 380 g/mol. The lowest BCUT2D eigenvalue weighted by Crippen LogP contribution is -2.35. The van der Waals surface area contributed by atoms with Crippen LogP contribution in [0.4, 0.5) is 18.0 Å². The Kier molecular flexibility index (Phi) is 8.13. The number of amides is 2.